The van der Waals surface area contributed by atoms with Crippen molar-refractivity contribution in [2.24, 2.45) is 0 Å². The maximum atomic E-state index is 11.6. The van der Waals surface area contributed by atoms with Gasteiger partial charge in [0.25, 0.3) is 0 Å². The van der Waals surface area contributed by atoms with E-state index in [0.717, 1.165) is 0 Å². The van der Waals surface area contributed by atoms with Gasteiger partial charge in [-0.15, -0.1) is 6.58 Å². The lowest BCUT2D eigenvalue weighted by atomic mass is 10.3. The molecule has 0 fully saturated rings. The zero-order chi connectivity index (χ0) is 11.3. The van der Waals surface area contributed by atoms with E-state index in [1.807, 2.05) is 0 Å². The molecule has 0 bridgehead atoms. The third kappa shape index (κ3) is 2.81. The van der Waals surface area contributed by atoms with Crippen LogP contribution in [0.4, 0.5) is 5.69 Å². The molecule has 0 aromatic heterocycles. The fourth-order valence-electron chi connectivity index (χ4n) is 1.14. The van der Waals surface area contributed by atoms with Crippen molar-refractivity contribution in [2.45, 2.75) is 4.90 Å². The summed E-state index contributed by atoms with van der Waals surface area (Å²) >= 11 is 0. The molecule has 0 atom stereocenters. The van der Waals surface area contributed by atoms with Crippen LogP contribution in [0.25, 0.3) is 0 Å². The summed E-state index contributed by atoms with van der Waals surface area (Å²) in [5.41, 5.74) is 0.576. The van der Waals surface area contributed by atoms with Crippen LogP contribution in [0.2, 0.25) is 0 Å². The molecule has 0 aliphatic rings. The number of rotatable bonds is 5. The topological polar surface area (TPSA) is 58.2 Å². The molecule has 2 N–H and O–H groups in total. The molecule has 0 aliphatic carbocycles. The van der Waals surface area contributed by atoms with Crippen LogP contribution in [-0.2, 0) is 10.0 Å². The first-order chi connectivity index (χ1) is 7.11. The second kappa shape index (κ2) is 4.95. The average Bonchev–Trinajstić information content (AvgIpc) is 2.26. The number of anilines is 1. The standard InChI is InChI=1S/C10H14N2O2S/c1-3-8-12-9-6-4-5-7-10(9)15(13,14)11-2/h3-7,11-12H,1,8H2,2H3. The third-order valence-electron chi connectivity index (χ3n) is 1.88. The van der Waals surface area contributed by atoms with Gasteiger partial charge in [0.15, 0.2) is 0 Å². The third-order valence-corrected chi connectivity index (χ3v) is 3.35. The molecule has 1 rings (SSSR count). The van der Waals surface area contributed by atoms with E-state index in [1.54, 1.807) is 30.3 Å². The van der Waals surface area contributed by atoms with E-state index in [0.29, 0.717) is 12.2 Å². The first kappa shape index (κ1) is 11.7. The SMILES string of the molecule is C=CCNc1ccccc1S(=O)(=O)NC. The predicted octanol–water partition coefficient (Wildman–Crippen LogP) is 1.19. The minimum absolute atomic E-state index is 0.245. The van der Waals surface area contributed by atoms with E-state index in [-0.39, 0.29) is 4.90 Å². The molecule has 0 radical (unpaired) electrons. The summed E-state index contributed by atoms with van der Waals surface area (Å²) in [5.74, 6) is 0. The van der Waals surface area contributed by atoms with Gasteiger partial charge in [0.2, 0.25) is 10.0 Å². The summed E-state index contributed by atoms with van der Waals surface area (Å²) in [7, 11) is -2.02. The monoisotopic (exact) mass is 226 g/mol. The van der Waals surface area contributed by atoms with Crippen LogP contribution in [0.1, 0.15) is 0 Å². The summed E-state index contributed by atoms with van der Waals surface area (Å²) in [6, 6.07) is 6.73. The van der Waals surface area contributed by atoms with Crippen LogP contribution in [0, 0.1) is 0 Å². The molecule has 0 heterocycles. The maximum Gasteiger partial charge on any atom is 0.242 e. The fraction of sp³-hybridized carbons (Fsp3) is 0.200. The van der Waals surface area contributed by atoms with E-state index in [2.05, 4.69) is 16.6 Å². The van der Waals surface area contributed by atoms with Crippen molar-refractivity contribution in [2.75, 3.05) is 18.9 Å². The van der Waals surface area contributed by atoms with Gasteiger partial charge in [-0.3, -0.25) is 0 Å². The Morgan fingerprint density at radius 3 is 2.67 bits per heavy atom. The first-order valence-electron chi connectivity index (χ1n) is 4.49. The van der Waals surface area contributed by atoms with Crippen LogP contribution in [0.15, 0.2) is 41.8 Å². The van der Waals surface area contributed by atoms with Gasteiger partial charge in [0.05, 0.1) is 5.69 Å². The molecular weight excluding hydrogens is 212 g/mol. The first-order valence-corrected chi connectivity index (χ1v) is 5.97. The molecule has 82 valence electrons. The highest BCUT2D eigenvalue weighted by Crippen LogP contribution is 2.19. The van der Waals surface area contributed by atoms with Crippen molar-refractivity contribution in [3.63, 3.8) is 0 Å². The minimum atomic E-state index is -3.41. The molecule has 1 aromatic carbocycles. The Balaban J connectivity index is 3.12. The van der Waals surface area contributed by atoms with Crippen LogP contribution in [0.3, 0.4) is 0 Å². The van der Waals surface area contributed by atoms with Gasteiger partial charge in [-0.2, -0.15) is 0 Å². The van der Waals surface area contributed by atoms with Gasteiger partial charge in [-0.05, 0) is 19.2 Å². The normalized spacial score (nSPS) is 11.0. The molecule has 4 nitrogen and oxygen atoms in total. The lowest BCUT2D eigenvalue weighted by molar-refractivity contribution is 0.588. The molecule has 15 heavy (non-hydrogen) atoms. The predicted molar refractivity (Wildman–Crippen MR) is 61.4 cm³/mol. The van der Waals surface area contributed by atoms with Gasteiger partial charge in [0.1, 0.15) is 4.90 Å². The van der Waals surface area contributed by atoms with Crippen LogP contribution >= 0.6 is 0 Å². The molecule has 1 aromatic rings. The van der Waals surface area contributed by atoms with Crippen molar-refractivity contribution in [1.29, 1.82) is 0 Å². The van der Waals surface area contributed by atoms with Gasteiger partial charge < -0.3 is 5.32 Å². The number of hydrogen-bond donors (Lipinski definition) is 2. The molecular formula is C10H14N2O2S. The average molecular weight is 226 g/mol. The summed E-state index contributed by atoms with van der Waals surface area (Å²) < 4.78 is 25.5. The number of benzene rings is 1. The zero-order valence-corrected chi connectivity index (χ0v) is 9.34. The Hall–Kier alpha value is -1.33. The molecule has 0 spiro atoms. The van der Waals surface area contributed by atoms with Crippen LogP contribution in [0.5, 0.6) is 0 Å². The van der Waals surface area contributed by atoms with Gasteiger partial charge in [0, 0.05) is 6.54 Å². The van der Waals surface area contributed by atoms with Crippen molar-refractivity contribution in [3.05, 3.63) is 36.9 Å². The van der Waals surface area contributed by atoms with E-state index in [9.17, 15) is 8.42 Å². The number of para-hydroxylation sites is 1. The van der Waals surface area contributed by atoms with Crippen LogP contribution < -0.4 is 10.0 Å². The van der Waals surface area contributed by atoms with Crippen molar-refractivity contribution >= 4 is 15.7 Å². The second-order valence-corrected chi connectivity index (χ2v) is 4.73. The molecule has 0 amide bonds. The zero-order valence-electron chi connectivity index (χ0n) is 8.53. The molecule has 5 heteroatoms. The summed E-state index contributed by atoms with van der Waals surface area (Å²) in [4.78, 5) is 0.245. The largest absolute Gasteiger partial charge is 0.380 e. The highest BCUT2D eigenvalue weighted by molar-refractivity contribution is 7.89. The Morgan fingerprint density at radius 1 is 1.40 bits per heavy atom. The maximum absolute atomic E-state index is 11.6. The second-order valence-electron chi connectivity index (χ2n) is 2.87. The number of sulfonamides is 1. The van der Waals surface area contributed by atoms with Crippen molar-refractivity contribution in [1.82, 2.24) is 4.72 Å². The number of nitrogens with one attached hydrogen (secondary N) is 2. The van der Waals surface area contributed by atoms with Gasteiger partial charge in [-0.1, -0.05) is 18.2 Å². The molecule has 0 saturated carbocycles. The Bertz CT molecular complexity index is 440. The van der Waals surface area contributed by atoms with Gasteiger partial charge in [-0.25, -0.2) is 13.1 Å². The quantitative estimate of drug-likeness (QED) is 0.741. The summed E-state index contributed by atoms with van der Waals surface area (Å²) in [6.45, 7) is 4.08. The number of hydrogen-bond acceptors (Lipinski definition) is 3. The minimum Gasteiger partial charge on any atom is -0.380 e. The molecule has 0 saturated heterocycles. The van der Waals surface area contributed by atoms with E-state index >= 15 is 0 Å². The lowest BCUT2D eigenvalue weighted by Gasteiger charge is -2.10. The fourth-order valence-corrected chi connectivity index (χ4v) is 2.05. The van der Waals surface area contributed by atoms with E-state index in [1.165, 1.54) is 7.05 Å². The van der Waals surface area contributed by atoms with Crippen LogP contribution in [-0.4, -0.2) is 22.0 Å². The van der Waals surface area contributed by atoms with Crippen molar-refractivity contribution < 1.29 is 8.42 Å². The smallest absolute Gasteiger partial charge is 0.242 e. The molecule has 0 aliphatic heterocycles. The molecule has 0 unspecified atom stereocenters. The van der Waals surface area contributed by atoms with E-state index < -0.39 is 10.0 Å². The highest BCUT2D eigenvalue weighted by Gasteiger charge is 2.14. The highest BCUT2D eigenvalue weighted by atomic mass is 32.2. The Kier molecular flexibility index (Phi) is 3.88. The summed E-state index contributed by atoms with van der Waals surface area (Å²) in [5, 5.41) is 2.97. The Morgan fingerprint density at radius 2 is 2.07 bits per heavy atom. The summed E-state index contributed by atoms with van der Waals surface area (Å²) in [6.07, 6.45) is 1.67. The Labute approximate surface area is 90.1 Å². The van der Waals surface area contributed by atoms with Gasteiger partial charge >= 0.3 is 0 Å². The van der Waals surface area contributed by atoms with Crippen molar-refractivity contribution in [3.8, 4) is 0 Å². The lowest BCUT2D eigenvalue weighted by Crippen LogP contribution is -2.20. The van der Waals surface area contributed by atoms with E-state index in [4.69, 9.17) is 0 Å².